The standard InChI is InChI=1S/C19H31N3O2/c20-4-2-5-21-17(23)16-3-1-6-22(16)18(24)19-10-13-7-14(11-19)9-15(8-13)12-19/h13-16H,1-12,20H2,(H,21,23). The molecule has 4 bridgehead atoms. The summed E-state index contributed by atoms with van der Waals surface area (Å²) in [7, 11) is 0. The maximum absolute atomic E-state index is 13.5. The van der Waals surface area contributed by atoms with E-state index in [2.05, 4.69) is 5.32 Å². The molecule has 1 atom stereocenters. The molecule has 5 rings (SSSR count). The molecule has 5 heteroatoms. The van der Waals surface area contributed by atoms with Crippen LogP contribution in [0.1, 0.15) is 57.8 Å². The summed E-state index contributed by atoms with van der Waals surface area (Å²) in [5.74, 6) is 2.62. The van der Waals surface area contributed by atoms with Crippen molar-refractivity contribution in [2.45, 2.75) is 63.8 Å². The lowest BCUT2D eigenvalue weighted by molar-refractivity contribution is -0.160. The number of likely N-dealkylation sites (tertiary alicyclic amines) is 1. The van der Waals surface area contributed by atoms with Gasteiger partial charge in [-0.15, -0.1) is 0 Å². The number of nitrogens with two attached hydrogens (primary N) is 1. The minimum atomic E-state index is -0.247. The van der Waals surface area contributed by atoms with Crippen LogP contribution in [-0.2, 0) is 9.59 Å². The Kier molecular flexibility index (Phi) is 4.31. The molecule has 0 spiro atoms. The molecule has 4 aliphatic carbocycles. The average molecular weight is 333 g/mol. The van der Waals surface area contributed by atoms with E-state index in [1.165, 1.54) is 19.3 Å². The molecular weight excluding hydrogens is 302 g/mol. The fourth-order valence-electron chi connectivity index (χ4n) is 6.39. The number of carbonyl (C=O) groups excluding carboxylic acids is 2. The van der Waals surface area contributed by atoms with E-state index < -0.39 is 0 Å². The summed E-state index contributed by atoms with van der Waals surface area (Å²) in [6, 6.07) is -0.247. The Bertz CT molecular complexity index is 483. The van der Waals surface area contributed by atoms with Crippen molar-refractivity contribution >= 4 is 11.8 Å². The molecule has 5 aliphatic rings. The summed E-state index contributed by atoms with van der Waals surface area (Å²) in [5.41, 5.74) is 5.37. The van der Waals surface area contributed by atoms with Gasteiger partial charge in [-0.1, -0.05) is 0 Å². The summed E-state index contributed by atoms with van der Waals surface area (Å²) in [6.45, 7) is 1.96. The Labute approximate surface area is 144 Å². The van der Waals surface area contributed by atoms with E-state index in [9.17, 15) is 9.59 Å². The molecule has 5 nitrogen and oxygen atoms in total. The summed E-state index contributed by atoms with van der Waals surface area (Å²) in [5, 5.41) is 2.97. The Hall–Kier alpha value is -1.10. The van der Waals surface area contributed by atoms with E-state index in [0.717, 1.165) is 62.8 Å². The van der Waals surface area contributed by atoms with Gasteiger partial charge in [0.05, 0.1) is 5.41 Å². The molecule has 4 saturated carbocycles. The largest absolute Gasteiger partial charge is 0.354 e. The maximum atomic E-state index is 13.5. The van der Waals surface area contributed by atoms with Crippen molar-refractivity contribution in [3.63, 3.8) is 0 Å². The minimum Gasteiger partial charge on any atom is -0.354 e. The van der Waals surface area contributed by atoms with Gasteiger partial charge in [-0.25, -0.2) is 0 Å². The second kappa shape index (κ2) is 6.32. The van der Waals surface area contributed by atoms with Gasteiger partial charge in [-0.2, -0.15) is 0 Å². The molecule has 24 heavy (non-hydrogen) atoms. The van der Waals surface area contributed by atoms with Crippen molar-refractivity contribution in [3.05, 3.63) is 0 Å². The summed E-state index contributed by atoms with van der Waals surface area (Å²) >= 11 is 0. The second-order valence-electron chi connectivity index (χ2n) is 8.79. The van der Waals surface area contributed by atoms with Gasteiger partial charge in [0.1, 0.15) is 6.04 Å². The highest BCUT2D eigenvalue weighted by molar-refractivity contribution is 5.91. The fraction of sp³-hybridized carbons (Fsp3) is 0.895. The van der Waals surface area contributed by atoms with Crippen LogP contribution in [0.15, 0.2) is 0 Å². The van der Waals surface area contributed by atoms with Crippen LogP contribution in [-0.4, -0.2) is 42.4 Å². The molecule has 2 amide bonds. The predicted octanol–water partition coefficient (Wildman–Crippen LogP) is 1.66. The summed E-state index contributed by atoms with van der Waals surface area (Å²) in [6.07, 6.45) is 9.82. The molecule has 134 valence electrons. The molecule has 1 aliphatic heterocycles. The molecule has 0 aromatic carbocycles. The van der Waals surface area contributed by atoms with Gasteiger partial charge in [0.25, 0.3) is 0 Å². The Balaban J connectivity index is 1.46. The zero-order chi connectivity index (χ0) is 16.7. The third-order valence-electron chi connectivity index (χ3n) is 6.99. The van der Waals surface area contributed by atoms with E-state index in [-0.39, 0.29) is 17.4 Å². The first-order chi connectivity index (χ1) is 11.6. The number of amides is 2. The molecule has 0 radical (unpaired) electrons. The first kappa shape index (κ1) is 16.4. The smallest absolute Gasteiger partial charge is 0.242 e. The van der Waals surface area contributed by atoms with Crippen molar-refractivity contribution in [2.24, 2.45) is 28.9 Å². The highest BCUT2D eigenvalue weighted by Gasteiger charge is 2.56. The summed E-state index contributed by atoms with van der Waals surface area (Å²) in [4.78, 5) is 27.9. The second-order valence-corrected chi connectivity index (χ2v) is 8.79. The van der Waals surface area contributed by atoms with E-state index in [1.54, 1.807) is 0 Å². The first-order valence-corrected chi connectivity index (χ1v) is 9.90. The van der Waals surface area contributed by atoms with Crippen LogP contribution in [0, 0.1) is 23.2 Å². The third kappa shape index (κ3) is 2.75. The monoisotopic (exact) mass is 333 g/mol. The SMILES string of the molecule is NCCCNC(=O)C1CCCN1C(=O)C12CC3CC(CC(C3)C1)C2. The number of nitrogens with zero attached hydrogens (tertiary/aromatic N) is 1. The van der Waals surface area contributed by atoms with Gasteiger partial charge >= 0.3 is 0 Å². The average Bonchev–Trinajstić information content (AvgIpc) is 3.02. The quantitative estimate of drug-likeness (QED) is 0.751. The van der Waals surface area contributed by atoms with Crippen LogP contribution < -0.4 is 11.1 Å². The van der Waals surface area contributed by atoms with Crippen LogP contribution in [0.25, 0.3) is 0 Å². The Morgan fingerprint density at radius 2 is 1.71 bits per heavy atom. The lowest BCUT2D eigenvalue weighted by Gasteiger charge is -2.56. The molecule has 1 saturated heterocycles. The number of hydrogen-bond donors (Lipinski definition) is 2. The van der Waals surface area contributed by atoms with Gasteiger partial charge in [-0.3, -0.25) is 9.59 Å². The Morgan fingerprint density at radius 1 is 1.08 bits per heavy atom. The number of carbonyl (C=O) groups is 2. The lowest BCUT2D eigenvalue weighted by Crippen LogP contribution is -2.57. The number of nitrogens with one attached hydrogen (secondary N) is 1. The topological polar surface area (TPSA) is 75.4 Å². The maximum Gasteiger partial charge on any atom is 0.242 e. The highest BCUT2D eigenvalue weighted by Crippen LogP contribution is 2.60. The number of rotatable bonds is 5. The van der Waals surface area contributed by atoms with E-state index in [1.807, 2.05) is 4.90 Å². The van der Waals surface area contributed by atoms with Crippen LogP contribution in [0.3, 0.4) is 0 Å². The first-order valence-electron chi connectivity index (χ1n) is 9.90. The van der Waals surface area contributed by atoms with Crippen molar-refractivity contribution < 1.29 is 9.59 Å². The predicted molar refractivity (Wildman–Crippen MR) is 92.0 cm³/mol. The zero-order valence-electron chi connectivity index (χ0n) is 14.6. The number of hydrogen-bond acceptors (Lipinski definition) is 3. The van der Waals surface area contributed by atoms with Gasteiger partial charge in [0, 0.05) is 13.1 Å². The zero-order valence-corrected chi connectivity index (χ0v) is 14.6. The van der Waals surface area contributed by atoms with Crippen LogP contribution in [0.5, 0.6) is 0 Å². The van der Waals surface area contributed by atoms with Crippen molar-refractivity contribution in [3.8, 4) is 0 Å². The van der Waals surface area contributed by atoms with E-state index in [4.69, 9.17) is 5.73 Å². The summed E-state index contributed by atoms with van der Waals surface area (Å²) < 4.78 is 0. The highest BCUT2D eigenvalue weighted by atomic mass is 16.2. The molecule has 1 unspecified atom stereocenters. The molecule has 3 N–H and O–H groups in total. The molecular formula is C19H31N3O2. The normalized spacial score (nSPS) is 40.1. The molecule has 0 aromatic heterocycles. The minimum absolute atomic E-state index is 0.0269. The van der Waals surface area contributed by atoms with Crippen LogP contribution in [0.4, 0.5) is 0 Å². The van der Waals surface area contributed by atoms with E-state index in [0.29, 0.717) is 19.0 Å². The van der Waals surface area contributed by atoms with E-state index >= 15 is 0 Å². The third-order valence-corrected chi connectivity index (χ3v) is 6.99. The van der Waals surface area contributed by atoms with Crippen molar-refractivity contribution in [1.82, 2.24) is 10.2 Å². The van der Waals surface area contributed by atoms with Crippen molar-refractivity contribution in [2.75, 3.05) is 19.6 Å². The van der Waals surface area contributed by atoms with Gasteiger partial charge < -0.3 is 16.0 Å². The van der Waals surface area contributed by atoms with Crippen LogP contribution in [0.2, 0.25) is 0 Å². The molecule has 1 heterocycles. The molecule has 0 aromatic rings. The van der Waals surface area contributed by atoms with Crippen LogP contribution >= 0.6 is 0 Å². The fourth-order valence-corrected chi connectivity index (χ4v) is 6.39. The lowest BCUT2D eigenvalue weighted by atomic mass is 9.49. The molecule has 5 fully saturated rings. The van der Waals surface area contributed by atoms with Gasteiger partial charge in [-0.05, 0) is 82.1 Å². The van der Waals surface area contributed by atoms with Gasteiger partial charge in [0.15, 0.2) is 0 Å². The van der Waals surface area contributed by atoms with Crippen molar-refractivity contribution in [1.29, 1.82) is 0 Å². The van der Waals surface area contributed by atoms with Gasteiger partial charge in [0.2, 0.25) is 11.8 Å². The Morgan fingerprint density at radius 3 is 2.29 bits per heavy atom.